The second-order valence-corrected chi connectivity index (χ2v) is 7.63. The third kappa shape index (κ3) is 4.50. The van der Waals surface area contributed by atoms with Gasteiger partial charge in [-0.3, -0.25) is 9.09 Å². The highest BCUT2D eigenvalue weighted by Crippen LogP contribution is 2.40. The fraction of sp³-hybridized carbons (Fsp3) is 0.462. The van der Waals surface area contributed by atoms with Crippen molar-refractivity contribution in [1.82, 2.24) is 24.6 Å². The summed E-state index contributed by atoms with van der Waals surface area (Å²) in [4.78, 5) is 43.2. The van der Waals surface area contributed by atoms with Gasteiger partial charge in [-0.25, -0.2) is 29.1 Å². The predicted molar refractivity (Wildman–Crippen MR) is 92.2 cm³/mol. The SMILES string of the molecule is Nc1ncnc2c1ncn2[C@H]1C[C@H](O)[C@@H](COP(=O)(O)NC(C(=O)O)C(=O)O)O1. The summed E-state index contributed by atoms with van der Waals surface area (Å²) in [5.41, 5.74) is 6.41. The van der Waals surface area contributed by atoms with Gasteiger partial charge in [0.25, 0.3) is 0 Å². The van der Waals surface area contributed by atoms with Gasteiger partial charge in [0.15, 0.2) is 11.5 Å². The molecule has 16 heteroatoms. The molecule has 158 valence electrons. The third-order valence-corrected chi connectivity index (χ3v) is 5.18. The lowest BCUT2D eigenvalue weighted by atomic mass is 10.2. The molecule has 0 aliphatic carbocycles. The maximum absolute atomic E-state index is 11.9. The van der Waals surface area contributed by atoms with E-state index in [9.17, 15) is 24.2 Å². The number of aromatic nitrogens is 4. The topological polar surface area (TPSA) is 232 Å². The van der Waals surface area contributed by atoms with Crippen LogP contribution in [-0.4, -0.2) is 76.5 Å². The first-order valence-corrected chi connectivity index (χ1v) is 9.64. The van der Waals surface area contributed by atoms with Gasteiger partial charge in [0.05, 0.1) is 19.0 Å². The monoisotopic (exact) mass is 432 g/mol. The molecule has 4 atom stereocenters. The largest absolute Gasteiger partial charge is 0.480 e. The number of nitrogens with two attached hydrogens (primary N) is 1. The first-order valence-electron chi connectivity index (χ1n) is 8.06. The minimum atomic E-state index is -4.82. The number of fused-ring (bicyclic) bond motifs is 1. The average Bonchev–Trinajstić information content (AvgIpc) is 3.22. The smallest absolute Gasteiger partial charge is 0.404 e. The van der Waals surface area contributed by atoms with E-state index >= 15 is 0 Å². The molecule has 0 amide bonds. The summed E-state index contributed by atoms with van der Waals surface area (Å²) in [6.45, 7) is -0.617. The van der Waals surface area contributed by atoms with Crippen LogP contribution in [0, 0.1) is 0 Å². The van der Waals surface area contributed by atoms with E-state index in [1.807, 2.05) is 0 Å². The minimum absolute atomic E-state index is 0.0689. The molecule has 3 rings (SSSR count). The Bertz CT molecular complexity index is 969. The highest BCUT2D eigenvalue weighted by molar-refractivity contribution is 7.50. The number of hydrogen-bond acceptors (Lipinski definition) is 10. The lowest BCUT2D eigenvalue weighted by Crippen LogP contribution is -2.42. The second kappa shape index (κ2) is 7.98. The van der Waals surface area contributed by atoms with Crippen LogP contribution in [0.5, 0.6) is 0 Å². The van der Waals surface area contributed by atoms with Crippen molar-refractivity contribution >= 4 is 36.7 Å². The van der Waals surface area contributed by atoms with Crippen molar-refractivity contribution in [3.63, 3.8) is 0 Å². The molecule has 15 nitrogen and oxygen atoms in total. The zero-order chi connectivity index (χ0) is 21.3. The van der Waals surface area contributed by atoms with E-state index in [0.29, 0.717) is 11.2 Å². The number of carboxylic acids is 2. The summed E-state index contributed by atoms with van der Waals surface area (Å²) in [6.07, 6.45) is -0.219. The Morgan fingerprint density at radius 3 is 2.72 bits per heavy atom. The van der Waals surface area contributed by atoms with Gasteiger partial charge in [-0.05, 0) is 0 Å². The molecule has 3 heterocycles. The van der Waals surface area contributed by atoms with E-state index in [4.69, 9.17) is 25.2 Å². The lowest BCUT2D eigenvalue weighted by molar-refractivity contribution is -0.150. The number of imidazole rings is 1. The summed E-state index contributed by atoms with van der Waals surface area (Å²) < 4.78 is 23.7. The number of aliphatic hydroxyl groups is 1. The molecule has 29 heavy (non-hydrogen) atoms. The van der Waals surface area contributed by atoms with Crippen LogP contribution >= 0.6 is 7.75 Å². The standard InChI is InChI=1S/C13H17N6O9P/c14-10-8-11(16-3-15-10)19(4-17-8)7-1-5(20)6(28-7)2-27-29(25,26)18-9(12(21)22)13(23)24/h3-7,9,20H,1-2H2,(H,21,22)(H,23,24)(H2,14,15,16)(H2,18,25,26)/t5-,6+,7+/m0/s1. The number of anilines is 1. The molecule has 0 radical (unpaired) electrons. The van der Waals surface area contributed by atoms with Crippen LogP contribution in [0.3, 0.4) is 0 Å². The Kier molecular flexibility index (Phi) is 5.79. The lowest BCUT2D eigenvalue weighted by Gasteiger charge is -2.20. The van der Waals surface area contributed by atoms with Gasteiger partial charge in [0, 0.05) is 6.42 Å². The Hall–Kier alpha value is -2.68. The van der Waals surface area contributed by atoms with E-state index in [2.05, 4.69) is 15.0 Å². The normalized spacial score (nSPS) is 24.0. The fourth-order valence-electron chi connectivity index (χ4n) is 2.71. The number of nitrogen functional groups attached to an aromatic ring is 1. The summed E-state index contributed by atoms with van der Waals surface area (Å²) in [6, 6.07) is -2.35. The van der Waals surface area contributed by atoms with Gasteiger partial charge < -0.3 is 30.7 Å². The van der Waals surface area contributed by atoms with E-state index < -0.39 is 50.8 Å². The number of nitrogens with one attached hydrogen (secondary N) is 1. The maximum atomic E-state index is 11.9. The van der Waals surface area contributed by atoms with Gasteiger partial charge in [0.2, 0.25) is 6.04 Å². The van der Waals surface area contributed by atoms with E-state index in [0.717, 1.165) is 0 Å². The third-order valence-electron chi connectivity index (χ3n) is 4.10. The van der Waals surface area contributed by atoms with Gasteiger partial charge >= 0.3 is 19.7 Å². The molecule has 2 aromatic heterocycles. The highest BCUT2D eigenvalue weighted by Gasteiger charge is 2.39. The molecular weight excluding hydrogens is 415 g/mol. The fourth-order valence-corrected chi connectivity index (χ4v) is 3.68. The van der Waals surface area contributed by atoms with Crippen molar-refractivity contribution in [3.05, 3.63) is 12.7 Å². The number of ether oxygens (including phenoxy) is 1. The predicted octanol–water partition coefficient (Wildman–Crippen LogP) is -1.70. The number of carbonyl (C=O) groups is 2. The zero-order valence-corrected chi connectivity index (χ0v) is 15.4. The molecular formula is C13H17N6O9P. The van der Waals surface area contributed by atoms with Gasteiger partial charge in [-0.2, -0.15) is 5.09 Å². The molecule has 0 saturated carbocycles. The molecule has 7 N–H and O–H groups in total. The Balaban J connectivity index is 1.65. The van der Waals surface area contributed by atoms with Crippen LogP contribution in [0.1, 0.15) is 12.6 Å². The van der Waals surface area contributed by atoms with E-state index in [1.165, 1.54) is 22.3 Å². The highest BCUT2D eigenvalue weighted by atomic mass is 31.2. The Labute approximate surface area is 161 Å². The molecule has 0 spiro atoms. The second-order valence-electron chi connectivity index (χ2n) is 6.07. The van der Waals surface area contributed by atoms with Crippen LogP contribution in [0.15, 0.2) is 12.7 Å². The molecule has 1 unspecified atom stereocenters. The molecule has 2 aromatic rings. The molecule has 0 bridgehead atoms. The van der Waals surface area contributed by atoms with E-state index in [-0.39, 0.29) is 12.2 Å². The number of nitrogens with zero attached hydrogens (tertiary/aromatic N) is 4. The van der Waals surface area contributed by atoms with Crippen molar-refractivity contribution in [3.8, 4) is 0 Å². The molecule has 1 fully saturated rings. The summed E-state index contributed by atoms with van der Waals surface area (Å²) >= 11 is 0. The van der Waals surface area contributed by atoms with Crippen molar-refractivity contribution in [1.29, 1.82) is 0 Å². The van der Waals surface area contributed by atoms with Crippen molar-refractivity contribution in [2.75, 3.05) is 12.3 Å². The first-order chi connectivity index (χ1) is 13.6. The Morgan fingerprint density at radius 2 is 2.07 bits per heavy atom. The van der Waals surface area contributed by atoms with Crippen LogP contribution in [0.4, 0.5) is 5.82 Å². The zero-order valence-electron chi connectivity index (χ0n) is 14.5. The number of aliphatic hydroxyl groups excluding tert-OH is 1. The Morgan fingerprint density at radius 1 is 1.38 bits per heavy atom. The molecule has 1 saturated heterocycles. The van der Waals surface area contributed by atoms with Crippen molar-refractivity contribution < 1.29 is 43.6 Å². The quantitative estimate of drug-likeness (QED) is 0.202. The molecule has 1 aliphatic rings. The van der Waals surface area contributed by atoms with Crippen LogP contribution in [0.2, 0.25) is 0 Å². The number of carboxylic acid groups (broad SMARTS) is 2. The van der Waals surface area contributed by atoms with Gasteiger partial charge in [0.1, 0.15) is 24.2 Å². The number of hydrogen-bond donors (Lipinski definition) is 6. The van der Waals surface area contributed by atoms with Gasteiger partial charge in [-0.1, -0.05) is 0 Å². The first kappa shape index (κ1) is 21.0. The molecule has 1 aliphatic heterocycles. The maximum Gasteiger partial charge on any atom is 0.404 e. The summed E-state index contributed by atoms with van der Waals surface area (Å²) in [7, 11) is -4.82. The van der Waals surface area contributed by atoms with Crippen molar-refractivity contribution in [2.24, 2.45) is 0 Å². The van der Waals surface area contributed by atoms with Crippen molar-refractivity contribution in [2.45, 2.75) is 30.9 Å². The van der Waals surface area contributed by atoms with E-state index in [1.54, 1.807) is 0 Å². The molecule has 0 aromatic carbocycles. The summed E-state index contributed by atoms with van der Waals surface area (Å²) in [5.74, 6) is -3.59. The number of aliphatic carboxylic acids is 2. The van der Waals surface area contributed by atoms with Crippen LogP contribution in [-0.2, 0) is 23.4 Å². The van der Waals surface area contributed by atoms with Gasteiger partial charge in [-0.15, -0.1) is 0 Å². The van der Waals surface area contributed by atoms with Crippen LogP contribution < -0.4 is 10.8 Å². The van der Waals surface area contributed by atoms with Crippen LogP contribution in [0.25, 0.3) is 11.2 Å². The number of rotatable bonds is 8. The minimum Gasteiger partial charge on any atom is -0.480 e. The summed E-state index contributed by atoms with van der Waals surface area (Å²) in [5, 5.41) is 29.2. The average molecular weight is 432 g/mol.